The number of aliphatic carboxylic acids is 1. The number of aliphatic imine (C=N–C) groups is 1. The number of rotatable bonds is 18. The van der Waals surface area contributed by atoms with Crippen LogP contribution in [0.15, 0.2) is 29.5 Å². The molecule has 1 atom stereocenters. The maximum absolute atomic E-state index is 11.1. The summed E-state index contributed by atoms with van der Waals surface area (Å²) in [5.41, 5.74) is 5.69. The standard InChI is InChI=1S/C23H41N3O2/c1-2-3-4-5-6-7-8-9-10-11-12-13-14-15-16-22-25-18-20-26(22,19-17-24)21-23(27)28/h10-11,18,20H,2-9,12-17,19,21,24H2,1H3/b11-10+. The molecule has 1 aliphatic heterocycles. The van der Waals surface area contributed by atoms with Crippen LogP contribution in [0.3, 0.4) is 0 Å². The zero-order chi connectivity index (χ0) is 20.5. The summed E-state index contributed by atoms with van der Waals surface area (Å²) < 4.78 is 0.233. The Balaban J connectivity index is 2.08. The van der Waals surface area contributed by atoms with E-state index in [-0.39, 0.29) is 11.0 Å². The van der Waals surface area contributed by atoms with Crippen molar-refractivity contribution in [2.75, 3.05) is 19.6 Å². The maximum Gasteiger partial charge on any atom is 0.207 e. The molecule has 2 N–H and O–H groups in total. The first-order valence-corrected chi connectivity index (χ1v) is 11.3. The van der Waals surface area contributed by atoms with E-state index in [1.54, 1.807) is 6.20 Å². The fourth-order valence-corrected chi connectivity index (χ4v) is 3.80. The van der Waals surface area contributed by atoms with Crippen molar-refractivity contribution in [1.82, 2.24) is 0 Å². The highest BCUT2D eigenvalue weighted by Gasteiger charge is 2.34. The van der Waals surface area contributed by atoms with Crippen molar-refractivity contribution in [2.45, 2.75) is 90.4 Å². The number of amidine groups is 1. The SMILES string of the molecule is CCCCCCCCC/C=C/CCCCCC1=NC=C[N+]1(CCN)CC(=O)[O-]. The van der Waals surface area contributed by atoms with Gasteiger partial charge in [-0.15, -0.1) is 0 Å². The van der Waals surface area contributed by atoms with Crippen molar-refractivity contribution in [3.8, 4) is 0 Å². The summed E-state index contributed by atoms with van der Waals surface area (Å²) in [4.78, 5) is 15.5. The molecule has 0 saturated heterocycles. The molecule has 160 valence electrons. The topological polar surface area (TPSA) is 78.5 Å². The van der Waals surface area contributed by atoms with Gasteiger partial charge in [-0.25, -0.2) is 9.48 Å². The summed E-state index contributed by atoms with van der Waals surface area (Å²) in [5.74, 6) is -0.150. The van der Waals surface area contributed by atoms with Gasteiger partial charge in [0.25, 0.3) is 0 Å². The number of hydrogen-bond donors (Lipinski definition) is 1. The number of carboxylic acid groups (broad SMARTS) is 1. The van der Waals surface area contributed by atoms with Gasteiger partial charge < -0.3 is 15.6 Å². The zero-order valence-electron chi connectivity index (χ0n) is 17.9. The van der Waals surface area contributed by atoms with E-state index in [0.717, 1.165) is 31.5 Å². The Hall–Kier alpha value is -1.46. The molecule has 1 rings (SSSR count). The largest absolute Gasteiger partial charge is 0.544 e. The molecule has 0 aromatic rings. The molecular formula is C23H41N3O2. The van der Waals surface area contributed by atoms with Crippen LogP contribution in [-0.2, 0) is 4.79 Å². The third-order valence-corrected chi connectivity index (χ3v) is 5.44. The van der Waals surface area contributed by atoms with E-state index in [9.17, 15) is 9.90 Å². The Bertz CT molecular complexity index is 514. The highest BCUT2D eigenvalue weighted by molar-refractivity contribution is 5.80. The van der Waals surface area contributed by atoms with E-state index >= 15 is 0 Å². The molecule has 0 aromatic carbocycles. The first-order chi connectivity index (χ1) is 13.6. The number of carbonyl (C=O) groups excluding carboxylic acids is 1. The average molecular weight is 392 g/mol. The van der Waals surface area contributed by atoms with Gasteiger partial charge in [-0.3, -0.25) is 0 Å². The van der Waals surface area contributed by atoms with E-state index in [1.165, 1.54) is 57.8 Å². The lowest BCUT2D eigenvalue weighted by molar-refractivity contribution is -0.780. The minimum absolute atomic E-state index is 0.0755. The van der Waals surface area contributed by atoms with Crippen molar-refractivity contribution in [3.05, 3.63) is 24.6 Å². The monoisotopic (exact) mass is 391 g/mol. The number of unbranched alkanes of at least 4 members (excludes halogenated alkanes) is 10. The molecule has 0 aliphatic carbocycles. The van der Waals surface area contributed by atoms with Gasteiger partial charge in [0.15, 0.2) is 0 Å². The lowest BCUT2D eigenvalue weighted by atomic mass is 10.1. The van der Waals surface area contributed by atoms with Crippen LogP contribution >= 0.6 is 0 Å². The number of hydrogen-bond acceptors (Lipinski definition) is 4. The fourth-order valence-electron chi connectivity index (χ4n) is 3.80. The van der Waals surface area contributed by atoms with Gasteiger partial charge >= 0.3 is 0 Å². The second-order valence-electron chi connectivity index (χ2n) is 7.90. The van der Waals surface area contributed by atoms with Gasteiger partial charge in [0.2, 0.25) is 5.84 Å². The van der Waals surface area contributed by atoms with Crippen molar-refractivity contribution in [2.24, 2.45) is 10.7 Å². The fraction of sp³-hybridized carbons (Fsp3) is 0.739. The zero-order valence-corrected chi connectivity index (χ0v) is 17.9. The average Bonchev–Trinajstić information content (AvgIpc) is 3.03. The lowest BCUT2D eigenvalue weighted by Gasteiger charge is -2.32. The molecule has 0 aromatic heterocycles. The Kier molecular flexibility index (Phi) is 13.6. The molecule has 1 unspecified atom stereocenters. The lowest BCUT2D eigenvalue weighted by Crippen LogP contribution is -2.55. The van der Waals surface area contributed by atoms with Crippen molar-refractivity contribution in [3.63, 3.8) is 0 Å². The quantitative estimate of drug-likeness (QED) is 0.217. The number of nitrogens with two attached hydrogens (primary N) is 1. The smallest absolute Gasteiger partial charge is 0.207 e. The van der Waals surface area contributed by atoms with Gasteiger partial charge in [0.1, 0.15) is 19.3 Å². The number of carbonyl (C=O) groups is 1. The summed E-state index contributed by atoms with van der Waals surface area (Å²) in [5, 5.41) is 11.1. The molecule has 0 amide bonds. The van der Waals surface area contributed by atoms with E-state index in [4.69, 9.17) is 5.73 Å². The van der Waals surface area contributed by atoms with Gasteiger partial charge in [-0.1, -0.05) is 64.0 Å². The molecule has 0 bridgehead atoms. The van der Waals surface area contributed by atoms with Crippen LogP contribution in [0.4, 0.5) is 0 Å². The molecule has 1 aliphatic rings. The highest BCUT2D eigenvalue weighted by atomic mass is 16.4. The van der Waals surface area contributed by atoms with Crippen LogP contribution in [0.2, 0.25) is 0 Å². The summed E-state index contributed by atoms with van der Waals surface area (Å²) in [7, 11) is 0. The Morgan fingerprint density at radius 1 is 1.04 bits per heavy atom. The first-order valence-electron chi connectivity index (χ1n) is 11.3. The predicted octanol–water partition coefficient (Wildman–Crippen LogP) is 4.04. The van der Waals surface area contributed by atoms with E-state index in [2.05, 4.69) is 24.1 Å². The Morgan fingerprint density at radius 3 is 2.25 bits per heavy atom. The van der Waals surface area contributed by atoms with Crippen LogP contribution in [0.5, 0.6) is 0 Å². The molecule has 1 heterocycles. The summed E-state index contributed by atoms with van der Waals surface area (Å²) in [6.07, 6.45) is 24.2. The number of nitrogens with zero attached hydrogens (tertiary/aromatic N) is 2. The molecule has 28 heavy (non-hydrogen) atoms. The maximum atomic E-state index is 11.1. The predicted molar refractivity (Wildman–Crippen MR) is 115 cm³/mol. The number of allylic oxidation sites excluding steroid dienone is 2. The van der Waals surface area contributed by atoms with Gasteiger partial charge in [0.05, 0.1) is 12.2 Å². The molecule has 5 nitrogen and oxygen atoms in total. The van der Waals surface area contributed by atoms with Crippen LogP contribution < -0.4 is 10.8 Å². The van der Waals surface area contributed by atoms with Crippen LogP contribution in [-0.4, -0.2) is 35.9 Å². The minimum Gasteiger partial charge on any atom is -0.544 e. The van der Waals surface area contributed by atoms with E-state index in [0.29, 0.717) is 13.1 Å². The third kappa shape index (κ3) is 10.2. The van der Waals surface area contributed by atoms with E-state index < -0.39 is 5.97 Å². The van der Waals surface area contributed by atoms with Gasteiger partial charge in [-0.05, 0) is 32.1 Å². The highest BCUT2D eigenvalue weighted by Crippen LogP contribution is 2.20. The normalized spacial score (nSPS) is 18.9. The second-order valence-corrected chi connectivity index (χ2v) is 7.90. The van der Waals surface area contributed by atoms with E-state index in [1.807, 2.05) is 6.20 Å². The van der Waals surface area contributed by atoms with Crippen molar-refractivity contribution < 1.29 is 14.4 Å². The molecule has 0 fully saturated rings. The summed E-state index contributed by atoms with van der Waals surface area (Å²) in [6.45, 7) is 3.18. The van der Waals surface area contributed by atoms with Gasteiger partial charge in [-0.2, -0.15) is 0 Å². The minimum atomic E-state index is -1.06. The first kappa shape index (κ1) is 24.6. The molecule has 0 spiro atoms. The van der Waals surface area contributed by atoms with Crippen LogP contribution in [0, 0.1) is 0 Å². The molecule has 5 heteroatoms. The van der Waals surface area contributed by atoms with Gasteiger partial charge in [0, 0.05) is 13.0 Å². The Labute approximate surface area is 172 Å². The van der Waals surface area contributed by atoms with Crippen molar-refractivity contribution >= 4 is 11.8 Å². The summed E-state index contributed by atoms with van der Waals surface area (Å²) in [6, 6.07) is 0. The number of quaternary nitrogens is 1. The number of carboxylic acids is 1. The van der Waals surface area contributed by atoms with Crippen LogP contribution in [0.25, 0.3) is 0 Å². The molecule has 0 radical (unpaired) electrons. The third-order valence-electron chi connectivity index (χ3n) is 5.44. The molecular weight excluding hydrogens is 350 g/mol. The van der Waals surface area contributed by atoms with Crippen molar-refractivity contribution in [1.29, 1.82) is 0 Å². The van der Waals surface area contributed by atoms with Crippen LogP contribution in [0.1, 0.15) is 90.4 Å². The molecule has 0 saturated carbocycles. The summed E-state index contributed by atoms with van der Waals surface area (Å²) >= 11 is 0. The second kappa shape index (κ2) is 15.5. The Morgan fingerprint density at radius 2 is 1.64 bits per heavy atom.